The van der Waals surface area contributed by atoms with Crippen LogP contribution in [0.2, 0.25) is 0 Å². The first-order valence-electron chi connectivity index (χ1n) is 7.85. The molecule has 3 rings (SSSR count). The minimum Gasteiger partial charge on any atom is -0.371 e. The van der Waals surface area contributed by atoms with Crippen LogP contribution < -0.4 is 4.90 Å². The molecule has 0 N–H and O–H groups in total. The van der Waals surface area contributed by atoms with Crippen LogP contribution in [-0.4, -0.2) is 37.0 Å². The number of benzene rings is 1. The minimum atomic E-state index is 0.258. The van der Waals surface area contributed by atoms with E-state index < -0.39 is 0 Å². The second-order valence-corrected chi connectivity index (χ2v) is 6.08. The summed E-state index contributed by atoms with van der Waals surface area (Å²) in [5, 5.41) is 0. The van der Waals surface area contributed by atoms with Gasteiger partial charge in [0, 0.05) is 37.8 Å². The number of aryl methyl sites for hydroxylation is 1. The molecule has 0 spiro atoms. The zero-order chi connectivity index (χ0) is 13.9. The number of amides is 1. The molecule has 2 fully saturated rings. The molecule has 0 saturated carbocycles. The lowest BCUT2D eigenvalue weighted by atomic mass is 9.94. The number of hydrogen-bond donors (Lipinski definition) is 0. The van der Waals surface area contributed by atoms with Gasteiger partial charge in [0.15, 0.2) is 0 Å². The van der Waals surface area contributed by atoms with E-state index in [2.05, 4.69) is 41.0 Å². The van der Waals surface area contributed by atoms with Gasteiger partial charge in [0.25, 0.3) is 0 Å². The molecule has 2 heterocycles. The third kappa shape index (κ3) is 2.67. The summed E-state index contributed by atoms with van der Waals surface area (Å²) >= 11 is 0. The van der Waals surface area contributed by atoms with E-state index in [1.807, 2.05) is 0 Å². The summed E-state index contributed by atoms with van der Waals surface area (Å²) in [6.07, 6.45) is 4.38. The van der Waals surface area contributed by atoms with E-state index in [4.69, 9.17) is 0 Å². The molecule has 0 unspecified atom stereocenters. The van der Waals surface area contributed by atoms with Gasteiger partial charge in [-0.15, -0.1) is 0 Å². The average molecular weight is 272 g/mol. The fourth-order valence-electron chi connectivity index (χ4n) is 3.48. The molecule has 2 aliphatic heterocycles. The van der Waals surface area contributed by atoms with E-state index >= 15 is 0 Å². The zero-order valence-corrected chi connectivity index (χ0v) is 12.3. The Bertz CT molecular complexity index is 472. The highest BCUT2D eigenvalue weighted by Crippen LogP contribution is 2.27. The molecule has 0 atom stereocenters. The first-order valence-corrected chi connectivity index (χ1v) is 7.85. The van der Waals surface area contributed by atoms with Crippen molar-refractivity contribution in [3.8, 4) is 0 Å². The molecule has 0 aromatic heterocycles. The Morgan fingerprint density at radius 1 is 1.05 bits per heavy atom. The molecular weight excluding hydrogens is 248 g/mol. The Morgan fingerprint density at radius 2 is 1.70 bits per heavy atom. The molecular formula is C17H24N2O. The fourth-order valence-corrected chi connectivity index (χ4v) is 3.48. The van der Waals surface area contributed by atoms with Crippen molar-refractivity contribution in [1.29, 1.82) is 0 Å². The van der Waals surface area contributed by atoms with Gasteiger partial charge in [-0.25, -0.2) is 0 Å². The van der Waals surface area contributed by atoms with Gasteiger partial charge in [-0.05, 0) is 44.2 Å². The first-order chi connectivity index (χ1) is 9.75. The fraction of sp³-hybridized carbons (Fsp3) is 0.588. The Hall–Kier alpha value is -1.51. The molecule has 3 nitrogen and oxygen atoms in total. The van der Waals surface area contributed by atoms with Gasteiger partial charge in [0.05, 0.1) is 0 Å². The standard InChI is InChI=1S/C17H24N2O/c1-14-6-2-3-7-16(14)18-12-8-15(9-13-18)17(20)19-10-4-5-11-19/h2-3,6-7,15H,4-5,8-13H2,1H3. The summed E-state index contributed by atoms with van der Waals surface area (Å²) in [5.41, 5.74) is 2.66. The van der Waals surface area contributed by atoms with E-state index in [-0.39, 0.29) is 5.92 Å². The predicted octanol–water partition coefficient (Wildman–Crippen LogP) is 2.83. The van der Waals surface area contributed by atoms with Crippen LogP contribution >= 0.6 is 0 Å². The summed E-state index contributed by atoms with van der Waals surface area (Å²) in [6.45, 7) is 6.15. The number of anilines is 1. The van der Waals surface area contributed by atoms with Crippen molar-refractivity contribution in [1.82, 2.24) is 4.90 Å². The van der Waals surface area contributed by atoms with Crippen LogP contribution in [0.5, 0.6) is 0 Å². The van der Waals surface area contributed by atoms with Crippen LogP contribution in [0.1, 0.15) is 31.2 Å². The summed E-state index contributed by atoms with van der Waals surface area (Å²) < 4.78 is 0. The highest BCUT2D eigenvalue weighted by Gasteiger charge is 2.29. The summed E-state index contributed by atoms with van der Waals surface area (Å²) in [5.74, 6) is 0.667. The molecule has 2 saturated heterocycles. The van der Waals surface area contributed by atoms with Crippen LogP contribution in [0.3, 0.4) is 0 Å². The lowest BCUT2D eigenvalue weighted by molar-refractivity contribution is -0.135. The monoisotopic (exact) mass is 272 g/mol. The van der Waals surface area contributed by atoms with Crippen molar-refractivity contribution >= 4 is 11.6 Å². The van der Waals surface area contributed by atoms with Crippen molar-refractivity contribution in [3.63, 3.8) is 0 Å². The number of carbonyl (C=O) groups is 1. The maximum Gasteiger partial charge on any atom is 0.225 e. The molecule has 108 valence electrons. The number of carbonyl (C=O) groups excluding carboxylic acids is 1. The van der Waals surface area contributed by atoms with Gasteiger partial charge in [0.1, 0.15) is 0 Å². The van der Waals surface area contributed by atoms with E-state index in [0.717, 1.165) is 39.0 Å². The molecule has 20 heavy (non-hydrogen) atoms. The second kappa shape index (κ2) is 5.86. The molecule has 0 aliphatic carbocycles. The van der Waals surface area contributed by atoms with Crippen molar-refractivity contribution in [2.75, 3.05) is 31.1 Å². The van der Waals surface area contributed by atoms with Crippen LogP contribution in [0.4, 0.5) is 5.69 Å². The average Bonchev–Trinajstić information content (AvgIpc) is 3.01. The largest absolute Gasteiger partial charge is 0.371 e. The van der Waals surface area contributed by atoms with Gasteiger partial charge < -0.3 is 9.80 Å². The third-order valence-electron chi connectivity index (χ3n) is 4.72. The van der Waals surface area contributed by atoms with E-state index in [0.29, 0.717) is 5.91 Å². The van der Waals surface area contributed by atoms with E-state index in [1.54, 1.807) is 0 Å². The van der Waals surface area contributed by atoms with Gasteiger partial charge in [0.2, 0.25) is 5.91 Å². The van der Waals surface area contributed by atoms with Crippen molar-refractivity contribution in [3.05, 3.63) is 29.8 Å². The van der Waals surface area contributed by atoms with E-state index in [9.17, 15) is 4.79 Å². The van der Waals surface area contributed by atoms with E-state index in [1.165, 1.54) is 24.1 Å². The van der Waals surface area contributed by atoms with Gasteiger partial charge in [-0.3, -0.25) is 4.79 Å². The second-order valence-electron chi connectivity index (χ2n) is 6.08. The van der Waals surface area contributed by atoms with Gasteiger partial charge >= 0.3 is 0 Å². The SMILES string of the molecule is Cc1ccccc1N1CCC(C(=O)N2CCCC2)CC1. The number of piperidine rings is 1. The first kappa shape index (κ1) is 13.5. The molecule has 0 bridgehead atoms. The normalized spacial score (nSPS) is 20.4. The number of nitrogens with zero attached hydrogens (tertiary/aromatic N) is 2. The zero-order valence-electron chi connectivity index (χ0n) is 12.3. The Labute approximate surface area is 121 Å². The molecule has 1 aromatic rings. The predicted molar refractivity (Wildman–Crippen MR) is 81.9 cm³/mol. The highest BCUT2D eigenvalue weighted by atomic mass is 16.2. The maximum atomic E-state index is 12.4. The lowest BCUT2D eigenvalue weighted by Gasteiger charge is -2.35. The van der Waals surface area contributed by atoms with Crippen LogP contribution in [0, 0.1) is 12.8 Å². The Balaban J connectivity index is 1.59. The van der Waals surface area contributed by atoms with Crippen LogP contribution in [0.15, 0.2) is 24.3 Å². The number of rotatable bonds is 2. The van der Waals surface area contributed by atoms with Crippen molar-refractivity contribution < 1.29 is 4.79 Å². The summed E-state index contributed by atoms with van der Waals surface area (Å²) in [4.78, 5) is 16.9. The highest BCUT2D eigenvalue weighted by molar-refractivity contribution is 5.79. The topological polar surface area (TPSA) is 23.6 Å². The Kier molecular flexibility index (Phi) is 3.95. The smallest absolute Gasteiger partial charge is 0.225 e. The quantitative estimate of drug-likeness (QED) is 0.826. The number of hydrogen-bond acceptors (Lipinski definition) is 2. The number of para-hydroxylation sites is 1. The molecule has 1 amide bonds. The van der Waals surface area contributed by atoms with Crippen LogP contribution in [-0.2, 0) is 4.79 Å². The Morgan fingerprint density at radius 3 is 2.35 bits per heavy atom. The molecule has 1 aromatic carbocycles. The number of likely N-dealkylation sites (tertiary alicyclic amines) is 1. The molecule has 3 heteroatoms. The van der Waals surface area contributed by atoms with Gasteiger partial charge in [-0.2, -0.15) is 0 Å². The van der Waals surface area contributed by atoms with Crippen LogP contribution in [0.25, 0.3) is 0 Å². The summed E-state index contributed by atoms with van der Waals surface area (Å²) in [7, 11) is 0. The summed E-state index contributed by atoms with van der Waals surface area (Å²) in [6, 6.07) is 8.54. The third-order valence-corrected chi connectivity index (χ3v) is 4.72. The molecule has 2 aliphatic rings. The lowest BCUT2D eigenvalue weighted by Crippen LogP contribution is -2.41. The van der Waals surface area contributed by atoms with Crippen molar-refractivity contribution in [2.45, 2.75) is 32.6 Å². The van der Waals surface area contributed by atoms with Gasteiger partial charge in [-0.1, -0.05) is 18.2 Å². The maximum absolute atomic E-state index is 12.4. The minimum absolute atomic E-state index is 0.258. The molecule has 0 radical (unpaired) electrons. The van der Waals surface area contributed by atoms with Crippen molar-refractivity contribution in [2.24, 2.45) is 5.92 Å².